The molecule has 0 unspecified atom stereocenters. The van der Waals surface area contributed by atoms with Crippen LogP contribution in [0.2, 0.25) is 0 Å². The van der Waals surface area contributed by atoms with Crippen molar-refractivity contribution in [3.05, 3.63) is 18.0 Å². The van der Waals surface area contributed by atoms with E-state index in [1.54, 1.807) is 0 Å². The molecule has 0 N–H and O–H groups in total. The smallest absolute Gasteiger partial charge is 0.189 e. The molecule has 1 aromatic rings. The molecular formula is C5H7BN2. The van der Waals surface area contributed by atoms with Crippen molar-refractivity contribution in [2.75, 3.05) is 0 Å². The molecule has 40 valence electrons. The van der Waals surface area contributed by atoms with E-state index < -0.39 is 0 Å². The predicted octanol–water partition coefficient (Wildman–Crippen LogP) is -0.957. The van der Waals surface area contributed by atoms with Gasteiger partial charge in [-0.05, 0) is 12.5 Å². The molecule has 0 radical (unpaired) electrons. The number of hydrogen-bond donors (Lipinski definition) is 0. The summed E-state index contributed by atoms with van der Waals surface area (Å²) in [5.74, 6) is 0. The summed E-state index contributed by atoms with van der Waals surface area (Å²) in [4.78, 5) is 7.94. The highest BCUT2D eigenvalue weighted by Gasteiger charge is 1.82. The Bertz CT molecular complexity index is 149. The minimum Gasteiger partial charge on any atom is -0.253 e. The Labute approximate surface area is 49.4 Å². The zero-order valence-corrected chi connectivity index (χ0v) is 5.05. The predicted molar refractivity (Wildman–Crippen MR) is 34.9 cm³/mol. The average Bonchev–Trinajstić information content (AvgIpc) is 1.77. The zero-order chi connectivity index (χ0) is 5.98. The van der Waals surface area contributed by atoms with Gasteiger partial charge < -0.3 is 0 Å². The molecule has 8 heavy (non-hydrogen) atoms. The molecule has 0 spiro atoms. The van der Waals surface area contributed by atoms with Crippen LogP contribution in [0.1, 0.15) is 5.56 Å². The minimum absolute atomic E-state index is 0.829. The molecule has 0 saturated heterocycles. The topological polar surface area (TPSA) is 25.8 Å². The Kier molecular flexibility index (Phi) is 1.28. The summed E-state index contributed by atoms with van der Waals surface area (Å²) in [7, 11) is 1.87. The molecule has 0 saturated carbocycles. The second-order valence-corrected chi connectivity index (χ2v) is 1.81. The maximum atomic E-state index is 3.97. The van der Waals surface area contributed by atoms with Crippen LogP contribution in [-0.4, -0.2) is 17.8 Å². The van der Waals surface area contributed by atoms with Crippen LogP contribution in [-0.2, 0) is 0 Å². The molecule has 1 rings (SSSR count). The van der Waals surface area contributed by atoms with Gasteiger partial charge in [0.05, 0.1) is 5.72 Å². The SMILES string of the molecule is Bc1ncc(C)cn1. The summed E-state index contributed by atoms with van der Waals surface area (Å²) in [5.41, 5.74) is 1.94. The molecule has 0 aliphatic carbocycles. The van der Waals surface area contributed by atoms with Gasteiger partial charge in [-0.25, -0.2) is 0 Å². The lowest BCUT2D eigenvalue weighted by Crippen LogP contribution is -2.11. The number of nitrogens with zero attached hydrogens (tertiary/aromatic N) is 2. The molecule has 3 heteroatoms. The molecule has 0 bridgehead atoms. The third-order valence-electron chi connectivity index (χ3n) is 0.910. The molecule has 0 fully saturated rings. The van der Waals surface area contributed by atoms with E-state index in [1.165, 1.54) is 0 Å². The van der Waals surface area contributed by atoms with Gasteiger partial charge in [0.1, 0.15) is 0 Å². The van der Waals surface area contributed by atoms with Crippen molar-refractivity contribution in [1.82, 2.24) is 9.97 Å². The van der Waals surface area contributed by atoms with Crippen molar-refractivity contribution < 1.29 is 0 Å². The molecular weight excluding hydrogens is 98.9 g/mol. The fourth-order valence-electron chi connectivity index (χ4n) is 0.457. The molecule has 0 aliphatic heterocycles. The third-order valence-corrected chi connectivity index (χ3v) is 0.910. The van der Waals surface area contributed by atoms with Gasteiger partial charge in [0.2, 0.25) is 0 Å². The molecule has 0 amide bonds. The van der Waals surface area contributed by atoms with Gasteiger partial charge in [-0.15, -0.1) is 0 Å². The van der Waals surface area contributed by atoms with Gasteiger partial charge in [-0.1, -0.05) is 0 Å². The largest absolute Gasteiger partial charge is 0.253 e. The van der Waals surface area contributed by atoms with Gasteiger partial charge in [0.15, 0.2) is 7.85 Å². The summed E-state index contributed by atoms with van der Waals surface area (Å²) >= 11 is 0. The Balaban J connectivity index is 3.03. The quantitative estimate of drug-likeness (QED) is 0.398. The van der Waals surface area contributed by atoms with Crippen LogP contribution in [0.4, 0.5) is 0 Å². The molecule has 0 aliphatic rings. The zero-order valence-electron chi connectivity index (χ0n) is 5.05. The maximum Gasteiger partial charge on any atom is 0.189 e. The van der Waals surface area contributed by atoms with Crippen LogP contribution >= 0.6 is 0 Å². The second kappa shape index (κ2) is 1.94. The lowest BCUT2D eigenvalue weighted by molar-refractivity contribution is 1.19. The molecule has 1 heterocycles. The van der Waals surface area contributed by atoms with E-state index >= 15 is 0 Å². The first-order chi connectivity index (χ1) is 3.79. The van der Waals surface area contributed by atoms with E-state index in [0.717, 1.165) is 11.3 Å². The highest BCUT2D eigenvalue weighted by Crippen LogP contribution is 1.82. The standard InChI is InChI=1S/C5H7BN2/c1-4-2-7-5(6)8-3-4/h2-3H,6H2,1H3. The first kappa shape index (κ1) is 5.28. The van der Waals surface area contributed by atoms with E-state index in [9.17, 15) is 0 Å². The summed E-state index contributed by atoms with van der Waals surface area (Å²) in [6, 6.07) is 0. The summed E-state index contributed by atoms with van der Waals surface area (Å²) in [6.45, 7) is 1.97. The highest BCUT2D eigenvalue weighted by molar-refractivity contribution is 6.28. The second-order valence-electron chi connectivity index (χ2n) is 1.81. The lowest BCUT2D eigenvalue weighted by atomic mass is 10.1. The summed E-state index contributed by atoms with van der Waals surface area (Å²) in [6.07, 6.45) is 3.62. The first-order valence-corrected chi connectivity index (χ1v) is 2.54. The number of hydrogen-bond acceptors (Lipinski definition) is 2. The number of rotatable bonds is 0. The fraction of sp³-hybridized carbons (Fsp3) is 0.200. The van der Waals surface area contributed by atoms with Gasteiger partial charge in [-0.2, -0.15) is 0 Å². The van der Waals surface area contributed by atoms with Crippen molar-refractivity contribution in [2.24, 2.45) is 0 Å². The molecule has 2 nitrogen and oxygen atoms in total. The normalized spacial score (nSPS) is 9.12. The van der Waals surface area contributed by atoms with E-state index in [4.69, 9.17) is 0 Å². The number of aryl methyl sites for hydroxylation is 1. The monoisotopic (exact) mass is 106 g/mol. The van der Waals surface area contributed by atoms with Gasteiger partial charge >= 0.3 is 0 Å². The lowest BCUT2D eigenvalue weighted by Gasteiger charge is -1.88. The van der Waals surface area contributed by atoms with E-state index in [0.29, 0.717) is 0 Å². The first-order valence-electron chi connectivity index (χ1n) is 2.54. The summed E-state index contributed by atoms with van der Waals surface area (Å²) < 4.78 is 0. The van der Waals surface area contributed by atoms with Crippen LogP contribution in [0.25, 0.3) is 0 Å². The maximum absolute atomic E-state index is 3.97. The highest BCUT2D eigenvalue weighted by atomic mass is 14.8. The fourth-order valence-corrected chi connectivity index (χ4v) is 0.457. The average molecular weight is 106 g/mol. The molecule has 0 aromatic carbocycles. The van der Waals surface area contributed by atoms with Crippen LogP contribution in [0.3, 0.4) is 0 Å². The van der Waals surface area contributed by atoms with Gasteiger partial charge in [0.25, 0.3) is 0 Å². The molecule has 0 atom stereocenters. The Morgan fingerprint density at radius 2 is 1.88 bits per heavy atom. The Hall–Kier alpha value is -0.855. The van der Waals surface area contributed by atoms with Gasteiger partial charge in [0, 0.05) is 12.4 Å². The van der Waals surface area contributed by atoms with Crippen molar-refractivity contribution >= 4 is 13.6 Å². The van der Waals surface area contributed by atoms with E-state index in [1.807, 2.05) is 27.2 Å². The van der Waals surface area contributed by atoms with Crippen molar-refractivity contribution in [3.63, 3.8) is 0 Å². The molecule has 1 aromatic heterocycles. The minimum atomic E-state index is 0.829. The van der Waals surface area contributed by atoms with Crippen molar-refractivity contribution in [2.45, 2.75) is 6.92 Å². The van der Waals surface area contributed by atoms with Crippen molar-refractivity contribution in [3.8, 4) is 0 Å². The van der Waals surface area contributed by atoms with Gasteiger partial charge in [-0.3, -0.25) is 9.97 Å². The van der Waals surface area contributed by atoms with Crippen LogP contribution < -0.4 is 5.72 Å². The van der Waals surface area contributed by atoms with Crippen LogP contribution in [0.5, 0.6) is 0 Å². The van der Waals surface area contributed by atoms with Crippen molar-refractivity contribution in [1.29, 1.82) is 0 Å². The summed E-state index contributed by atoms with van der Waals surface area (Å²) in [5, 5.41) is 0. The Morgan fingerprint density at radius 3 is 2.25 bits per heavy atom. The Morgan fingerprint density at radius 1 is 1.38 bits per heavy atom. The van der Waals surface area contributed by atoms with Crippen LogP contribution in [0, 0.1) is 6.92 Å². The number of aromatic nitrogens is 2. The van der Waals surface area contributed by atoms with Crippen LogP contribution in [0.15, 0.2) is 12.4 Å². The third kappa shape index (κ3) is 1.06. The van der Waals surface area contributed by atoms with E-state index in [2.05, 4.69) is 9.97 Å². The van der Waals surface area contributed by atoms with E-state index in [-0.39, 0.29) is 0 Å².